The molecular formula is C24H40NO3+. The molecule has 0 aromatic rings. The number of likely N-dealkylation sites (N-methyl/N-ethyl adjacent to an activating group) is 1. The van der Waals surface area contributed by atoms with Gasteiger partial charge in [0.2, 0.25) is 0 Å². The van der Waals surface area contributed by atoms with Gasteiger partial charge in [-0.3, -0.25) is 9.59 Å². The molecule has 0 spiro atoms. The van der Waals surface area contributed by atoms with Crippen LogP contribution in [0.5, 0.6) is 0 Å². The van der Waals surface area contributed by atoms with Crippen molar-refractivity contribution in [2.24, 2.45) is 34.5 Å². The Balaban J connectivity index is 1.63. The number of ketones is 1. The van der Waals surface area contributed by atoms with Crippen molar-refractivity contribution in [1.29, 1.82) is 0 Å². The van der Waals surface area contributed by atoms with Crippen molar-refractivity contribution in [1.82, 2.24) is 0 Å². The Labute approximate surface area is 171 Å². The van der Waals surface area contributed by atoms with Crippen molar-refractivity contribution in [3.8, 4) is 0 Å². The highest BCUT2D eigenvalue weighted by molar-refractivity contribution is 5.87. The lowest BCUT2D eigenvalue weighted by molar-refractivity contribution is -0.902. The largest absolute Gasteiger partial charge is 0.456 e. The molecule has 0 heterocycles. The number of hydrogen-bond acceptors (Lipinski definition) is 3. The number of nitrogens with zero attached hydrogens (tertiary/aromatic N) is 1. The third kappa shape index (κ3) is 2.97. The predicted molar refractivity (Wildman–Crippen MR) is 109 cm³/mol. The van der Waals surface area contributed by atoms with Crippen LogP contribution in [0.3, 0.4) is 0 Å². The van der Waals surface area contributed by atoms with Crippen LogP contribution in [-0.4, -0.2) is 49.5 Å². The molecule has 4 rings (SSSR count). The predicted octanol–water partition coefficient (Wildman–Crippen LogP) is 4.21. The fourth-order valence-corrected chi connectivity index (χ4v) is 8.14. The number of carbonyl (C=O) groups is 2. The summed E-state index contributed by atoms with van der Waals surface area (Å²) in [4.78, 5) is 24.4. The van der Waals surface area contributed by atoms with E-state index in [1.54, 1.807) is 6.92 Å². The Hall–Kier alpha value is -0.900. The average molecular weight is 391 g/mol. The van der Waals surface area contributed by atoms with E-state index in [1.807, 2.05) is 0 Å². The van der Waals surface area contributed by atoms with Gasteiger partial charge in [-0.1, -0.05) is 13.8 Å². The Bertz CT molecular complexity index is 667. The van der Waals surface area contributed by atoms with Crippen LogP contribution in [-0.2, 0) is 14.3 Å². The van der Waals surface area contributed by atoms with Crippen LogP contribution < -0.4 is 0 Å². The number of fused-ring (bicyclic) bond motifs is 5. The number of ether oxygens (including phenoxy) is 1. The highest BCUT2D eigenvalue weighted by Gasteiger charge is 2.62. The van der Waals surface area contributed by atoms with Crippen LogP contribution >= 0.6 is 0 Å². The second-order valence-corrected chi connectivity index (χ2v) is 11.8. The first-order chi connectivity index (χ1) is 13.0. The Morgan fingerprint density at radius 2 is 1.79 bits per heavy atom. The lowest BCUT2D eigenvalue weighted by atomic mass is 9.44. The standard InChI is InChI=1S/C24H40NO3/c1-15(26)28-21-13-16-7-8-17-18-9-10-22(27)23(18,2)12-11-19(17)24(16,3)14-20(21)25(4,5)6/h16-21H,7-14H2,1-6H3/q+1/t16-,17-,18-,19-,20-,21-,23-,24-/m0/s1. The van der Waals surface area contributed by atoms with Crippen LogP contribution in [0.15, 0.2) is 0 Å². The lowest BCUT2D eigenvalue weighted by Gasteiger charge is -2.62. The lowest BCUT2D eigenvalue weighted by Crippen LogP contribution is -2.63. The second-order valence-electron chi connectivity index (χ2n) is 11.8. The SMILES string of the molecule is CC(=O)O[C@H]1C[C@@H]2CC[C@@H]3[C@H](CC[C@]4(C)C(=O)CC[C@@H]34)[C@@]2(C)C[C@@H]1[N+](C)(C)C. The molecule has 4 heteroatoms. The van der Waals surface area contributed by atoms with Crippen molar-refractivity contribution in [3.63, 3.8) is 0 Å². The average Bonchev–Trinajstić information content (AvgIpc) is 2.88. The second kappa shape index (κ2) is 6.55. The minimum Gasteiger partial charge on any atom is -0.456 e. The zero-order valence-electron chi connectivity index (χ0n) is 18.8. The first kappa shape index (κ1) is 20.4. The summed E-state index contributed by atoms with van der Waals surface area (Å²) in [6.07, 6.45) is 8.90. The van der Waals surface area contributed by atoms with E-state index in [4.69, 9.17) is 4.74 Å². The summed E-state index contributed by atoms with van der Waals surface area (Å²) in [6.45, 7) is 6.36. The molecule has 158 valence electrons. The first-order valence-electron chi connectivity index (χ1n) is 11.5. The summed E-state index contributed by atoms with van der Waals surface area (Å²) in [5, 5.41) is 0. The summed E-state index contributed by atoms with van der Waals surface area (Å²) >= 11 is 0. The zero-order chi connectivity index (χ0) is 20.5. The van der Waals surface area contributed by atoms with Crippen LogP contribution in [0.2, 0.25) is 0 Å². The minimum absolute atomic E-state index is 0.0361. The highest BCUT2D eigenvalue weighted by atomic mass is 16.5. The van der Waals surface area contributed by atoms with Gasteiger partial charge in [0.15, 0.2) is 6.10 Å². The molecule has 0 aromatic carbocycles. The van der Waals surface area contributed by atoms with Gasteiger partial charge in [0, 0.05) is 25.2 Å². The smallest absolute Gasteiger partial charge is 0.303 e. The Morgan fingerprint density at radius 3 is 2.43 bits per heavy atom. The van der Waals surface area contributed by atoms with Gasteiger partial charge in [-0.25, -0.2) is 0 Å². The molecular weight excluding hydrogens is 350 g/mol. The quantitative estimate of drug-likeness (QED) is 0.524. The molecule has 0 N–H and O–H groups in total. The number of Topliss-reactive ketones (excluding diaryl/α,β-unsaturated/α-hetero) is 1. The van der Waals surface area contributed by atoms with E-state index < -0.39 is 0 Å². The van der Waals surface area contributed by atoms with Gasteiger partial charge < -0.3 is 9.22 Å². The van der Waals surface area contributed by atoms with Gasteiger partial charge in [0.05, 0.1) is 21.1 Å². The van der Waals surface area contributed by atoms with E-state index in [1.165, 1.54) is 19.3 Å². The van der Waals surface area contributed by atoms with Gasteiger partial charge in [-0.15, -0.1) is 0 Å². The third-order valence-electron chi connectivity index (χ3n) is 9.68. The Kier molecular flexibility index (Phi) is 4.77. The van der Waals surface area contributed by atoms with Crippen molar-refractivity contribution >= 4 is 11.8 Å². The number of quaternary nitrogens is 1. The van der Waals surface area contributed by atoms with Gasteiger partial charge in [0.1, 0.15) is 11.8 Å². The van der Waals surface area contributed by atoms with Gasteiger partial charge >= 0.3 is 5.97 Å². The van der Waals surface area contributed by atoms with Crippen molar-refractivity contribution in [2.45, 2.75) is 84.3 Å². The van der Waals surface area contributed by atoms with Crippen LogP contribution in [0.4, 0.5) is 0 Å². The van der Waals surface area contributed by atoms with Crippen LogP contribution in [0, 0.1) is 34.5 Å². The van der Waals surface area contributed by atoms with E-state index in [9.17, 15) is 9.59 Å². The van der Waals surface area contributed by atoms with E-state index >= 15 is 0 Å². The van der Waals surface area contributed by atoms with E-state index in [0.717, 1.165) is 42.5 Å². The normalized spacial score (nSPS) is 48.4. The number of rotatable bonds is 2. The van der Waals surface area contributed by atoms with E-state index in [0.29, 0.717) is 35.0 Å². The maximum atomic E-state index is 12.6. The molecule has 4 fully saturated rings. The van der Waals surface area contributed by atoms with Crippen molar-refractivity contribution in [2.75, 3.05) is 21.1 Å². The fourth-order valence-electron chi connectivity index (χ4n) is 8.14. The molecule has 0 saturated heterocycles. The monoisotopic (exact) mass is 390 g/mol. The summed E-state index contributed by atoms with van der Waals surface area (Å²) in [7, 11) is 6.75. The van der Waals surface area contributed by atoms with E-state index in [2.05, 4.69) is 35.0 Å². The number of carbonyl (C=O) groups excluding carboxylic acids is 2. The first-order valence-corrected chi connectivity index (χ1v) is 11.5. The summed E-state index contributed by atoms with van der Waals surface area (Å²) < 4.78 is 6.71. The van der Waals surface area contributed by atoms with E-state index in [-0.39, 0.29) is 17.5 Å². The van der Waals surface area contributed by atoms with Crippen LogP contribution in [0.1, 0.15) is 72.1 Å². The molecule has 0 unspecified atom stereocenters. The maximum absolute atomic E-state index is 12.6. The van der Waals surface area contributed by atoms with Crippen LogP contribution in [0.25, 0.3) is 0 Å². The molecule has 0 amide bonds. The summed E-state index contributed by atoms with van der Waals surface area (Å²) in [5.74, 6) is 3.07. The molecule has 8 atom stereocenters. The summed E-state index contributed by atoms with van der Waals surface area (Å²) in [5.41, 5.74) is 0.265. The molecule has 0 radical (unpaired) electrons. The van der Waals surface area contributed by atoms with Crippen molar-refractivity contribution < 1.29 is 18.8 Å². The Morgan fingerprint density at radius 1 is 1.07 bits per heavy atom. The van der Waals surface area contributed by atoms with Crippen molar-refractivity contribution in [3.05, 3.63) is 0 Å². The molecule has 4 aliphatic carbocycles. The molecule has 0 bridgehead atoms. The zero-order valence-corrected chi connectivity index (χ0v) is 18.8. The topological polar surface area (TPSA) is 43.4 Å². The third-order valence-corrected chi connectivity index (χ3v) is 9.68. The number of hydrogen-bond donors (Lipinski definition) is 0. The fraction of sp³-hybridized carbons (Fsp3) is 0.917. The molecule has 4 aliphatic rings. The number of esters is 1. The molecule has 0 aromatic heterocycles. The summed E-state index contributed by atoms with van der Waals surface area (Å²) in [6, 6.07) is 0.349. The molecule has 4 nitrogen and oxygen atoms in total. The van der Waals surface area contributed by atoms with Gasteiger partial charge in [-0.2, -0.15) is 0 Å². The molecule has 4 saturated carbocycles. The van der Waals surface area contributed by atoms with Gasteiger partial charge in [0.25, 0.3) is 0 Å². The maximum Gasteiger partial charge on any atom is 0.303 e. The molecule has 28 heavy (non-hydrogen) atoms. The molecule has 0 aliphatic heterocycles. The highest BCUT2D eigenvalue weighted by Crippen LogP contribution is 2.65. The minimum atomic E-state index is -0.140. The van der Waals surface area contributed by atoms with Gasteiger partial charge in [-0.05, 0) is 67.6 Å².